The number of unbranched alkanes of at least 4 members (excludes halogenated alkanes) is 5. The van der Waals surface area contributed by atoms with E-state index in [4.69, 9.17) is 15.2 Å². The maximum absolute atomic E-state index is 11.1. The predicted molar refractivity (Wildman–Crippen MR) is 117 cm³/mol. The fourth-order valence-electron chi connectivity index (χ4n) is 3.86. The van der Waals surface area contributed by atoms with Crippen LogP contribution in [-0.2, 0) is 11.2 Å². The summed E-state index contributed by atoms with van der Waals surface area (Å²) >= 11 is 0. The lowest BCUT2D eigenvalue weighted by Gasteiger charge is -2.30. The molecular weight excluding hydrogens is 366 g/mol. The lowest BCUT2D eigenvalue weighted by Crippen LogP contribution is -2.42. The zero-order chi connectivity index (χ0) is 21.0. The molecule has 29 heavy (non-hydrogen) atoms. The van der Waals surface area contributed by atoms with Crippen LogP contribution >= 0.6 is 0 Å². The minimum Gasteiger partial charge on any atom is -0.410 e. The standard InChI is InChI=1S/C23H39N3O3/c1-26(2,18-13-21-11-7-8-12-22(21)29-23(24)27)17-10-6-4-3-5-9-14-25-15-19-28-20-16-25/h7-8,11-12H,3-6,9-10,13-20H2,1-2H3,(H-,24,27)/p+1. The number of hydrogen-bond donors (Lipinski definition) is 1. The Morgan fingerprint density at radius 2 is 1.69 bits per heavy atom. The zero-order valence-electron chi connectivity index (χ0n) is 18.4. The molecule has 6 nitrogen and oxygen atoms in total. The van der Waals surface area contributed by atoms with Crippen molar-refractivity contribution in [3.05, 3.63) is 29.8 Å². The van der Waals surface area contributed by atoms with Gasteiger partial charge in [0.2, 0.25) is 0 Å². The molecule has 1 amide bonds. The smallest absolute Gasteiger partial charge is 0.409 e. The van der Waals surface area contributed by atoms with E-state index in [1.807, 2.05) is 18.2 Å². The topological polar surface area (TPSA) is 64.8 Å². The zero-order valence-corrected chi connectivity index (χ0v) is 18.4. The van der Waals surface area contributed by atoms with E-state index in [0.717, 1.165) is 49.3 Å². The average Bonchev–Trinajstić information content (AvgIpc) is 2.70. The van der Waals surface area contributed by atoms with Crippen LogP contribution in [0.25, 0.3) is 0 Å². The minimum absolute atomic E-state index is 0.581. The van der Waals surface area contributed by atoms with E-state index in [1.165, 1.54) is 51.6 Å². The lowest BCUT2D eigenvalue weighted by atomic mass is 10.1. The first-order valence-corrected chi connectivity index (χ1v) is 11.1. The molecule has 1 aromatic carbocycles. The van der Waals surface area contributed by atoms with Gasteiger partial charge >= 0.3 is 6.09 Å². The summed E-state index contributed by atoms with van der Waals surface area (Å²) in [6.45, 7) is 7.42. The van der Waals surface area contributed by atoms with Gasteiger partial charge in [-0.2, -0.15) is 0 Å². The number of para-hydroxylation sites is 1. The number of carbonyl (C=O) groups excluding carboxylic acids is 1. The van der Waals surface area contributed by atoms with Gasteiger partial charge in [0.25, 0.3) is 0 Å². The minimum atomic E-state index is -0.754. The van der Waals surface area contributed by atoms with Gasteiger partial charge in [-0.1, -0.05) is 37.5 Å². The number of ether oxygens (including phenoxy) is 2. The second kappa shape index (κ2) is 12.8. The van der Waals surface area contributed by atoms with E-state index in [-0.39, 0.29) is 0 Å². The number of carbonyl (C=O) groups is 1. The highest BCUT2D eigenvalue weighted by molar-refractivity contribution is 5.68. The molecule has 1 heterocycles. The van der Waals surface area contributed by atoms with Crippen LogP contribution in [0.5, 0.6) is 5.75 Å². The quantitative estimate of drug-likeness (QED) is 0.403. The molecule has 2 rings (SSSR count). The molecule has 1 aliphatic heterocycles. The van der Waals surface area contributed by atoms with Crippen molar-refractivity contribution < 1.29 is 18.8 Å². The van der Waals surface area contributed by atoms with Gasteiger partial charge in [-0.05, 0) is 31.9 Å². The number of morpholine rings is 1. The molecule has 0 atom stereocenters. The van der Waals surface area contributed by atoms with Crippen molar-refractivity contribution in [2.24, 2.45) is 5.73 Å². The van der Waals surface area contributed by atoms with Crippen molar-refractivity contribution in [3.63, 3.8) is 0 Å². The Morgan fingerprint density at radius 3 is 2.41 bits per heavy atom. The molecular formula is C23H40N3O3+. The van der Waals surface area contributed by atoms with E-state index in [9.17, 15) is 4.79 Å². The highest BCUT2D eigenvalue weighted by atomic mass is 16.5. The van der Waals surface area contributed by atoms with Gasteiger partial charge in [0.15, 0.2) is 0 Å². The number of quaternary nitrogens is 1. The molecule has 1 aromatic rings. The molecule has 0 aliphatic carbocycles. The number of likely N-dealkylation sites (N-methyl/N-ethyl adjacent to an activating group) is 1. The Bertz CT molecular complexity index is 601. The van der Waals surface area contributed by atoms with E-state index < -0.39 is 6.09 Å². The van der Waals surface area contributed by atoms with Crippen molar-refractivity contribution in [1.82, 2.24) is 4.90 Å². The summed E-state index contributed by atoms with van der Waals surface area (Å²) in [6.07, 6.45) is 8.01. The number of amides is 1. The number of nitrogens with two attached hydrogens (primary N) is 1. The van der Waals surface area contributed by atoms with Crippen molar-refractivity contribution in [2.75, 3.05) is 60.0 Å². The molecule has 0 bridgehead atoms. The molecule has 1 saturated heterocycles. The molecule has 0 radical (unpaired) electrons. The van der Waals surface area contributed by atoms with E-state index in [0.29, 0.717) is 5.75 Å². The summed E-state index contributed by atoms with van der Waals surface area (Å²) < 4.78 is 11.5. The van der Waals surface area contributed by atoms with Crippen LogP contribution in [-0.4, -0.2) is 75.5 Å². The number of primary amides is 1. The van der Waals surface area contributed by atoms with Crippen molar-refractivity contribution in [2.45, 2.75) is 44.9 Å². The van der Waals surface area contributed by atoms with Gasteiger partial charge in [-0.15, -0.1) is 0 Å². The van der Waals surface area contributed by atoms with Crippen LogP contribution in [0.3, 0.4) is 0 Å². The van der Waals surface area contributed by atoms with Gasteiger partial charge in [0, 0.05) is 25.1 Å². The molecule has 2 N–H and O–H groups in total. The summed E-state index contributed by atoms with van der Waals surface area (Å²) in [5.74, 6) is 0.581. The third-order valence-corrected chi connectivity index (χ3v) is 5.76. The van der Waals surface area contributed by atoms with Crippen molar-refractivity contribution >= 4 is 6.09 Å². The molecule has 164 valence electrons. The average molecular weight is 407 g/mol. The Hall–Kier alpha value is -1.63. The van der Waals surface area contributed by atoms with Crippen LogP contribution in [0.15, 0.2) is 24.3 Å². The van der Waals surface area contributed by atoms with Gasteiger partial charge in [0.05, 0.1) is 40.4 Å². The fourth-order valence-corrected chi connectivity index (χ4v) is 3.86. The van der Waals surface area contributed by atoms with Crippen molar-refractivity contribution in [1.29, 1.82) is 0 Å². The maximum atomic E-state index is 11.1. The summed E-state index contributed by atoms with van der Waals surface area (Å²) in [4.78, 5) is 13.6. The second-order valence-electron chi connectivity index (χ2n) is 8.74. The summed E-state index contributed by atoms with van der Waals surface area (Å²) in [5.41, 5.74) is 6.20. The van der Waals surface area contributed by atoms with E-state index >= 15 is 0 Å². The number of hydrogen-bond acceptors (Lipinski definition) is 4. The Kier molecular flexibility index (Phi) is 10.5. The molecule has 1 fully saturated rings. The lowest BCUT2D eigenvalue weighted by molar-refractivity contribution is -0.890. The number of benzene rings is 1. The van der Waals surface area contributed by atoms with Gasteiger partial charge in [-0.25, -0.2) is 4.79 Å². The molecule has 0 saturated carbocycles. The van der Waals surface area contributed by atoms with E-state index in [1.54, 1.807) is 6.07 Å². The second-order valence-corrected chi connectivity index (χ2v) is 8.74. The Morgan fingerprint density at radius 1 is 1.03 bits per heavy atom. The van der Waals surface area contributed by atoms with Gasteiger partial charge in [-0.3, -0.25) is 4.90 Å². The molecule has 1 aliphatic rings. The molecule has 0 aromatic heterocycles. The van der Waals surface area contributed by atoms with Crippen LogP contribution in [0.4, 0.5) is 4.79 Å². The van der Waals surface area contributed by atoms with Gasteiger partial charge < -0.3 is 19.7 Å². The highest BCUT2D eigenvalue weighted by Gasteiger charge is 2.16. The number of nitrogens with zero attached hydrogens (tertiary/aromatic N) is 2. The summed E-state index contributed by atoms with van der Waals surface area (Å²) in [7, 11) is 4.56. The molecule has 6 heteroatoms. The fraction of sp³-hybridized carbons (Fsp3) is 0.696. The monoisotopic (exact) mass is 406 g/mol. The summed E-state index contributed by atoms with van der Waals surface area (Å²) in [5, 5.41) is 0. The third-order valence-electron chi connectivity index (χ3n) is 5.76. The number of rotatable bonds is 13. The molecule has 0 spiro atoms. The van der Waals surface area contributed by atoms with Crippen LogP contribution in [0, 0.1) is 0 Å². The van der Waals surface area contributed by atoms with Gasteiger partial charge in [0.1, 0.15) is 5.75 Å². The first-order valence-electron chi connectivity index (χ1n) is 11.1. The largest absolute Gasteiger partial charge is 0.410 e. The van der Waals surface area contributed by atoms with E-state index in [2.05, 4.69) is 19.0 Å². The maximum Gasteiger partial charge on any atom is 0.409 e. The predicted octanol–water partition coefficient (Wildman–Crippen LogP) is 3.44. The highest BCUT2D eigenvalue weighted by Crippen LogP contribution is 2.20. The van der Waals surface area contributed by atoms with Crippen LogP contribution in [0.2, 0.25) is 0 Å². The van der Waals surface area contributed by atoms with Crippen molar-refractivity contribution in [3.8, 4) is 5.75 Å². The SMILES string of the molecule is C[N+](C)(CCCCCCCCN1CCOCC1)CCc1ccccc1OC(N)=O. The molecule has 0 unspecified atom stereocenters. The Labute approximate surface area is 176 Å². The van der Waals surface area contributed by atoms with Crippen LogP contribution < -0.4 is 10.5 Å². The third kappa shape index (κ3) is 10.1. The first-order chi connectivity index (χ1) is 14.0. The Balaban J connectivity index is 1.55. The normalized spacial score (nSPS) is 15.4. The first kappa shape index (κ1) is 23.6. The summed E-state index contributed by atoms with van der Waals surface area (Å²) in [6, 6.07) is 7.65. The van der Waals surface area contributed by atoms with Crippen LogP contribution in [0.1, 0.15) is 44.1 Å².